The highest BCUT2D eigenvalue weighted by molar-refractivity contribution is 5.91. The smallest absolute Gasteiger partial charge is 0.177 e. The number of Topliss-reactive ketones (excluding diaryl/α,β-unsaturated/α-hetero) is 1. The molecule has 0 aromatic heterocycles. The number of likely N-dealkylation sites (N-methyl/N-ethyl adjacent to an activating group) is 1. The summed E-state index contributed by atoms with van der Waals surface area (Å²) in [7, 11) is 3.94. The number of methoxy groups -OCH3 is 1. The van der Waals surface area contributed by atoms with Gasteiger partial charge in [0.25, 0.3) is 0 Å². The zero-order valence-electron chi connectivity index (χ0n) is 17.1. The third-order valence-electron chi connectivity index (χ3n) is 8.12. The zero-order chi connectivity index (χ0) is 19.8. The van der Waals surface area contributed by atoms with Crippen molar-refractivity contribution in [3.63, 3.8) is 0 Å². The minimum absolute atomic E-state index is 0.0244. The van der Waals surface area contributed by atoms with Gasteiger partial charge in [0.2, 0.25) is 0 Å². The lowest BCUT2D eigenvalue weighted by Gasteiger charge is -2.58. The summed E-state index contributed by atoms with van der Waals surface area (Å²) in [5, 5.41) is 0. The van der Waals surface area contributed by atoms with Gasteiger partial charge in [-0.25, -0.2) is 0 Å². The minimum Gasteiger partial charge on any atom is -0.493 e. The van der Waals surface area contributed by atoms with E-state index in [9.17, 15) is 4.79 Å². The van der Waals surface area contributed by atoms with E-state index in [0.717, 1.165) is 43.7 Å². The number of rotatable bonds is 3. The average molecular weight is 389 g/mol. The first kappa shape index (κ1) is 17.5. The molecule has 5 atom stereocenters. The molecule has 1 saturated heterocycles. The molecule has 2 aromatic rings. The molecule has 6 rings (SSSR count). The van der Waals surface area contributed by atoms with Gasteiger partial charge in [-0.3, -0.25) is 4.79 Å². The number of nitrogens with zero attached hydrogens (tertiary/aromatic N) is 1. The number of benzene rings is 2. The third-order valence-corrected chi connectivity index (χ3v) is 8.12. The number of ether oxygens (including phenoxy) is 2. The van der Waals surface area contributed by atoms with E-state index in [1.54, 1.807) is 7.11 Å². The van der Waals surface area contributed by atoms with Crippen LogP contribution in [0.1, 0.15) is 29.5 Å². The summed E-state index contributed by atoms with van der Waals surface area (Å²) in [6.07, 6.45) is 3.43. The maximum atomic E-state index is 13.8. The molecule has 2 aliphatic carbocycles. The van der Waals surface area contributed by atoms with Gasteiger partial charge >= 0.3 is 0 Å². The number of hydrogen-bond acceptors (Lipinski definition) is 4. The van der Waals surface area contributed by atoms with Gasteiger partial charge < -0.3 is 14.4 Å². The van der Waals surface area contributed by atoms with E-state index in [1.165, 1.54) is 16.7 Å². The van der Waals surface area contributed by atoms with Crippen LogP contribution < -0.4 is 9.47 Å². The normalized spacial score (nSPS) is 34.5. The molecule has 1 spiro atoms. The number of carbonyl (C=O) groups excluding carboxylic acids is 1. The van der Waals surface area contributed by atoms with Gasteiger partial charge in [0.1, 0.15) is 0 Å². The maximum absolute atomic E-state index is 13.8. The SMILES string of the molecule is COc1ccc2c3c1O[C@H]1C(=O)[C@@H](Cc4ccccc4)CC4C(C2)N(C)CCC341. The first-order valence-corrected chi connectivity index (χ1v) is 10.8. The summed E-state index contributed by atoms with van der Waals surface area (Å²) in [5.74, 6) is 2.39. The van der Waals surface area contributed by atoms with Crippen molar-refractivity contribution in [2.45, 2.75) is 43.2 Å². The highest BCUT2D eigenvalue weighted by Crippen LogP contribution is 2.63. The minimum atomic E-state index is -0.364. The van der Waals surface area contributed by atoms with Gasteiger partial charge in [0.15, 0.2) is 23.4 Å². The Labute approximate surface area is 171 Å². The molecule has 2 aliphatic heterocycles. The predicted molar refractivity (Wildman–Crippen MR) is 111 cm³/mol. The first-order valence-electron chi connectivity index (χ1n) is 10.8. The van der Waals surface area contributed by atoms with E-state index in [4.69, 9.17) is 9.47 Å². The zero-order valence-corrected chi connectivity index (χ0v) is 17.1. The molecule has 0 N–H and O–H groups in total. The second-order valence-corrected chi connectivity index (χ2v) is 9.30. The molecule has 2 fully saturated rings. The maximum Gasteiger partial charge on any atom is 0.177 e. The van der Waals surface area contributed by atoms with E-state index in [-0.39, 0.29) is 17.4 Å². The molecule has 0 amide bonds. The van der Waals surface area contributed by atoms with Crippen molar-refractivity contribution in [2.24, 2.45) is 11.8 Å². The fourth-order valence-corrected chi connectivity index (χ4v) is 6.84. The Kier molecular flexibility index (Phi) is 3.68. The number of ketones is 1. The standard InChI is InChI=1S/C25H27NO3/c1-26-11-10-25-18-13-17(12-15-6-4-3-5-7-15)22(27)24(25)29-23-20(28-2)9-8-16(21(23)25)14-19(18)26/h3-9,17-19,24H,10-14H2,1-2H3/t17-,18?,19?,24-,25?/m0/s1. The molecular weight excluding hydrogens is 362 g/mol. The van der Waals surface area contributed by atoms with E-state index in [1.807, 2.05) is 12.1 Å². The van der Waals surface area contributed by atoms with Crippen molar-refractivity contribution in [3.8, 4) is 11.5 Å². The number of piperidine rings is 1. The van der Waals surface area contributed by atoms with E-state index in [2.05, 4.69) is 42.3 Å². The highest BCUT2D eigenvalue weighted by Gasteiger charge is 2.67. The van der Waals surface area contributed by atoms with Gasteiger partial charge in [-0.2, -0.15) is 0 Å². The first-order chi connectivity index (χ1) is 14.1. The van der Waals surface area contributed by atoms with Crippen LogP contribution in [-0.2, 0) is 23.1 Å². The topological polar surface area (TPSA) is 38.8 Å². The van der Waals surface area contributed by atoms with Gasteiger partial charge in [-0.05, 0) is 62.4 Å². The fraction of sp³-hybridized carbons (Fsp3) is 0.480. The third kappa shape index (κ3) is 2.21. The molecule has 4 heteroatoms. The van der Waals surface area contributed by atoms with Crippen molar-refractivity contribution in [2.75, 3.05) is 20.7 Å². The van der Waals surface area contributed by atoms with Gasteiger partial charge in [0, 0.05) is 22.9 Å². The van der Waals surface area contributed by atoms with Crippen LogP contribution in [0.25, 0.3) is 0 Å². The van der Waals surface area contributed by atoms with Crippen molar-refractivity contribution < 1.29 is 14.3 Å². The molecule has 1 saturated carbocycles. The van der Waals surface area contributed by atoms with Crippen LogP contribution in [0.5, 0.6) is 11.5 Å². The Balaban J connectivity index is 1.48. The van der Waals surface area contributed by atoms with Crippen molar-refractivity contribution in [1.29, 1.82) is 0 Å². The second-order valence-electron chi connectivity index (χ2n) is 9.30. The van der Waals surface area contributed by atoms with E-state index in [0.29, 0.717) is 17.7 Å². The van der Waals surface area contributed by atoms with E-state index >= 15 is 0 Å². The lowest BCUT2D eigenvalue weighted by atomic mass is 9.50. The van der Waals surface area contributed by atoms with Crippen LogP contribution in [0.2, 0.25) is 0 Å². The van der Waals surface area contributed by atoms with Crippen LogP contribution in [-0.4, -0.2) is 43.5 Å². The molecule has 3 unspecified atom stereocenters. The molecule has 29 heavy (non-hydrogen) atoms. The molecule has 4 aliphatic rings. The molecule has 2 aromatic carbocycles. The monoisotopic (exact) mass is 389 g/mol. The van der Waals surface area contributed by atoms with Crippen LogP contribution in [0.4, 0.5) is 0 Å². The Morgan fingerprint density at radius 3 is 2.83 bits per heavy atom. The Hall–Kier alpha value is -2.33. The van der Waals surface area contributed by atoms with Crippen molar-refractivity contribution >= 4 is 5.78 Å². The average Bonchev–Trinajstić information content (AvgIpc) is 3.09. The van der Waals surface area contributed by atoms with Crippen LogP contribution in [0, 0.1) is 11.8 Å². The Morgan fingerprint density at radius 2 is 2.03 bits per heavy atom. The summed E-state index contributed by atoms with van der Waals surface area (Å²) in [6.45, 7) is 1.02. The van der Waals surface area contributed by atoms with Crippen molar-refractivity contribution in [1.82, 2.24) is 4.90 Å². The Morgan fingerprint density at radius 1 is 1.21 bits per heavy atom. The van der Waals surface area contributed by atoms with Gasteiger partial charge in [0.05, 0.1) is 7.11 Å². The summed E-state index contributed by atoms with van der Waals surface area (Å²) >= 11 is 0. The van der Waals surface area contributed by atoms with Crippen molar-refractivity contribution in [3.05, 3.63) is 59.2 Å². The molecule has 0 radical (unpaired) electrons. The predicted octanol–water partition coefficient (Wildman–Crippen LogP) is 3.40. The van der Waals surface area contributed by atoms with Crippen LogP contribution >= 0.6 is 0 Å². The summed E-state index contributed by atoms with van der Waals surface area (Å²) < 4.78 is 12.2. The molecular formula is C25H27NO3. The van der Waals surface area contributed by atoms with Gasteiger partial charge in [-0.1, -0.05) is 36.4 Å². The molecule has 2 heterocycles. The molecule has 150 valence electrons. The largest absolute Gasteiger partial charge is 0.493 e. The molecule has 2 bridgehead atoms. The highest BCUT2D eigenvalue weighted by atomic mass is 16.5. The number of likely N-dealkylation sites (tertiary alicyclic amines) is 1. The second kappa shape index (κ2) is 6.09. The number of carbonyl (C=O) groups is 1. The van der Waals surface area contributed by atoms with Crippen LogP contribution in [0.3, 0.4) is 0 Å². The summed E-state index contributed by atoms with van der Waals surface area (Å²) in [5.41, 5.74) is 3.72. The quantitative estimate of drug-likeness (QED) is 0.807. The summed E-state index contributed by atoms with van der Waals surface area (Å²) in [4.78, 5) is 16.3. The lowest BCUT2D eigenvalue weighted by molar-refractivity contribution is -0.144. The lowest BCUT2D eigenvalue weighted by Crippen LogP contribution is -2.67. The number of hydrogen-bond donors (Lipinski definition) is 0. The van der Waals surface area contributed by atoms with Gasteiger partial charge in [-0.15, -0.1) is 0 Å². The Bertz CT molecular complexity index is 987. The summed E-state index contributed by atoms with van der Waals surface area (Å²) in [6, 6.07) is 15.1. The van der Waals surface area contributed by atoms with Crippen LogP contribution in [0.15, 0.2) is 42.5 Å². The van der Waals surface area contributed by atoms with E-state index < -0.39 is 0 Å². The molecule has 4 nitrogen and oxygen atoms in total. The fourth-order valence-electron chi connectivity index (χ4n) is 6.84.